The summed E-state index contributed by atoms with van der Waals surface area (Å²) in [5.41, 5.74) is 14.0. The molecule has 36 heavy (non-hydrogen) atoms. The molecule has 1 aliphatic carbocycles. The topological polar surface area (TPSA) is 150 Å². The van der Waals surface area contributed by atoms with E-state index in [9.17, 15) is 4.79 Å². The average molecular weight is 492 g/mol. The lowest BCUT2D eigenvalue weighted by molar-refractivity contribution is 0.0941. The van der Waals surface area contributed by atoms with Gasteiger partial charge >= 0.3 is 0 Å². The number of fused-ring (bicyclic) bond motifs is 1. The van der Waals surface area contributed by atoms with Crippen molar-refractivity contribution in [2.24, 2.45) is 16.5 Å². The Morgan fingerprint density at radius 3 is 2.58 bits per heavy atom. The number of guanidine groups is 1. The highest BCUT2D eigenvalue weighted by Crippen LogP contribution is 2.29. The van der Waals surface area contributed by atoms with Crippen LogP contribution < -0.4 is 31.6 Å². The van der Waals surface area contributed by atoms with Crippen molar-refractivity contribution >= 4 is 28.6 Å². The molecule has 2 unspecified atom stereocenters. The van der Waals surface area contributed by atoms with Gasteiger partial charge < -0.3 is 31.6 Å². The van der Waals surface area contributed by atoms with E-state index in [2.05, 4.69) is 25.6 Å². The maximum Gasteiger partial charge on any atom is 0.289 e. The minimum absolute atomic E-state index is 0.00198. The van der Waals surface area contributed by atoms with Gasteiger partial charge in [0.05, 0.1) is 31.8 Å². The fraction of sp³-hybridized carbons (Fsp3) is 0.385. The molecular formula is C26H33N7O3. The number of aryl methyl sites for hydroxylation is 1. The first-order chi connectivity index (χ1) is 17.4. The van der Waals surface area contributed by atoms with Gasteiger partial charge in [0.2, 0.25) is 5.82 Å². The van der Waals surface area contributed by atoms with Gasteiger partial charge in [0.15, 0.2) is 17.5 Å². The van der Waals surface area contributed by atoms with Crippen LogP contribution in [0.3, 0.4) is 0 Å². The number of nitrogens with two attached hydrogens (primary N) is 2. The maximum atomic E-state index is 13.1. The van der Waals surface area contributed by atoms with E-state index in [4.69, 9.17) is 20.9 Å². The Kier molecular flexibility index (Phi) is 7.72. The zero-order valence-electron chi connectivity index (χ0n) is 20.9. The highest BCUT2D eigenvalue weighted by molar-refractivity contribution is 5.96. The van der Waals surface area contributed by atoms with Crippen LogP contribution in [0.25, 0.3) is 10.9 Å². The molecule has 1 aromatic heterocycles. The number of aliphatic imine (C=N–C) groups is 1. The smallest absolute Gasteiger partial charge is 0.289 e. The van der Waals surface area contributed by atoms with Gasteiger partial charge in [0, 0.05) is 11.9 Å². The standard InChI is InChI=1S/C26H33N7O3/c1-15-8-10-18-17(12-15)23(31-19-6-4-5-7-20(19)32-26(27)28)33-24(30-18)25(34)29-14-16-9-11-21(35-2)22(13-16)36-3/h8-13,19-20H,4-7,14H2,1-3H3,(H,29,34)(H4,27,28,32)(H,30,31,33). The van der Waals surface area contributed by atoms with Crippen molar-refractivity contribution in [3.63, 3.8) is 0 Å². The summed E-state index contributed by atoms with van der Waals surface area (Å²) in [4.78, 5) is 26.7. The number of carbonyl (C=O) groups is 1. The van der Waals surface area contributed by atoms with Crippen LogP contribution >= 0.6 is 0 Å². The second-order valence-electron chi connectivity index (χ2n) is 8.95. The average Bonchev–Trinajstić information content (AvgIpc) is 2.88. The Bertz CT molecular complexity index is 1270. The number of nitrogens with zero attached hydrogens (tertiary/aromatic N) is 3. The summed E-state index contributed by atoms with van der Waals surface area (Å²) in [6, 6.07) is 11.3. The van der Waals surface area contributed by atoms with Crippen LogP contribution in [0.5, 0.6) is 11.5 Å². The van der Waals surface area contributed by atoms with E-state index in [1.54, 1.807) is 20.3 Å². The van der Waals surface area contributed by atoms with Crippen LogP contribution in [-0.4, -0.2) is 48.1 Å². The van der Waals surface area contributed by atoms with Gasteiger partial charge in [-0.15, -0.1) is 0 Å². The number of hydrogen-bond donors (Lipinski definition) is 4. The fourth-order valence-corrected chi connectivity index (χ4v) is 4.51. The Morgan fingerprint density at radius 1 is 1.06 bits per heavy atom. The van der Waals surface area contributed by atoms with E-state index in [0.717, 1.165) is 42.2 Å². The predicted octanol–water partition coefficient (Wildman–Crippen LogP) is 2.88. The third kappa shape index (κ3) is 5.76. The number of amides is 1. The first-order valence-corrected chi connectivity index (χ1v) is 12.0. The van der Waals surface area contributed by atoms with E-state index in [1.165, 1.54) is 0 Å². The Hall–Kier alpha value is -4.08. The SMILES string of the molecule is COc1ccc(CNC(=O)c2nc(NC3CCCCC3N=C(N)N)c3cc(C)ccc3n2)cc1OC. The van der Waals surface area contributed by atoms with Gasteiger partial charge in [-0.3, -0.25) is 4.79 Å². The van der Waals surface area contributed by atoms with E-state index in [-0.39, 0.29) is 36.3 Å². The summed E-state index contributed by atoms with van der Waals surface area (Å²) in [5, 5.41) is 7.27. The summed E-state index contributed by atoms with van der Waals surface area (Å²) in [6.45, 7) is 2.29. The van der Waals surface area contributed by atoms with Crippen LogP contribution in [0.4, 0.5) is 5.82 Å². The highest BCUT2D eigenvalue weighted by atomic mass is 16.5. The second-order valence-corrected chi connectivity index (χ2v) is 8.95. The van der Waals surface area contributed by atoms with Crippen molar-refractivity contribution in [2.45, 2.75) is 51.2 Å². The molecule has 0 radical (unpaired) electrons. The maximum absolute atomic E-state index is 13.1. The predicted molar refractivity (Wildman–Crippen MR) is 140 cm³/mol. The molecule has 1 amide bonds. The molecule has 1 heterocycles. The number of hydrogen-bond acceptors (Lipinski definition) is 7. The summed E-state index contributed by atoms with van der Waals surface area (Å²) >= 11 is 0. The van der Waals surface area contributed by atoms with Gasteiger partial charge in [-0.05, 0) is 49.6 Å². The van der Waals surface area contributed by atoms with E-state index < -0.39 is 0 Å². The molecule has 6 N–H and O–H groups in total. The van der Waals surface area contributed by atoms with Gasteiger partial charge in [0.25, 0.3) is 5.91 Å². The number of methoxy groups -OCH3 is 2. The summed E-state index contributed by atoms with van der Waals surface area (Å²) in [6.07, 6.45) is 3.91. The molecule has 10 heteroatoms. The van der Waals surface area contributed by atoms with E-state index in [1.807, 2.05) is 37.3 Å². The molecule has 0 aliphatic heterocycles. The van der Waals surface area contributed by atoms with Crippen LogP contribution in [0.2, 0.25) is 0 Å². The van der Waals surface area contributed by atoms with Gasteiger partial charge in [-0.25, -0.2) is 15.0 Å². The Morgan fingerprint density at radius 2 is 1.83 bits per heavy atom. The highest BCUT2D eigenvalue weighted by Gasteiger charge is 2.26. The first kappa shape index (κ1) is 25.0. The molecule has 1 aliphatic rings. The molecule has 0 spiro atoms. The number of rotatable bonds is 8. The van der Waals surface area contributed by atoms with Gasteiger partial charge in [-0.1, -0.05) is 30.5 Å². The van der Waals surface area contributed by atoms with Crippen LogP contribution in [-0.2, 0) is 6.54 Å². The second kappa shape index (κ2) is 11.1. The lowest BCUT2D eigenvalue weighted by atomic mass is 9.90. The summed E-state index contributed by atoms with van der Waals surface area (Å²) < 4.78 is 10.6. The van der Waals surface area contributed by atoms with Crippen LogP contribution in [0, 0.1) is 6.92 Å². The minimum atomic E-state index is -0.375. The summed E-state index contributed by atoms with van der Waals surface area (Å²) in [7, 11) is 3.15. The van der Waals surface area contributed by atoms with Crippen molar-refractivity contribution in [1.29, 1.82) is 0 Å². The number of nitrogens with one attached hydrogen (secondary N) is 2. The normalized spacial score (nSPS) is 17.3. The third-order valence-electron chi connectivity index (χ3n) is 6.32. The fourth-order valence-electron chi connectivity index (χ4n) is 4.51. The van der Waals surface area contributed by atoms with Crippen molar-refractivity contribution in [3.05, 3.63) is 53.3 Å². The minimum Gasteiger partial charge on any atom is -0.493 e. The number of carbonyl (C=O) groups excluding carboxylic acids is 1. The van der Waals surface area contributed by atoms with Crippen molar-refractivity contribution in [1.82, 2.24) is 15.3 Å². The molecule has 0 saturated heterocycles. The molecule has 2 atom stereocenters. The molecule has 0 bridgehead atoms. The zero-order valence-corrected chi connectivity index (χ0v) is 20.9. The third-order valence-corrected chi connectivity index (χ3v) is 6.32. The largest absolute Gasteiger partial charge is 0.493 e. The molecule has 1 fully saturated rings. The number of aromatic nitrogens is 2. The van der Waals surface area contributed by atoms with Crippen LogP contribution in [0.15, 0.2) is 41.4 Å². The number of benzene rings is 2. The lowest BCUT2D eigenvalue weighted by Crippen LogP contribution is -2.38. The first-order valence-electron chi connectivity index (χ1n) is 12.0. The summed E-state index contributed by atoms with van der Waals surface area (Å²) in [5.74, 6) is 1.60. The molecule has 3 aromatic rings. The zero-order chi connectivity index (χ0) is 25.7. The van der Waals surface area contributed by atoms with Gasteiger partial charge in [0.1, 0.15) is 5.82 Å². The van der Waals surface area contributed by atoms with E-state index in [0.29, 0.717) is 22.8 Å². The Balaban J connectivity index is 1.60. The molecule has 10 nitrogen and oxygen atoms in total. The van der Waals surface area contributed by atoms with E-state index >= 15 is 0 Å². The molecular weight excluding hydrogens is 458 g/mol. The lowest BCUT2D eigenvalue weighted by Gasteiger charge is -2.30. The Labute approximate surface area is 210 Å². The monoisotopic (exact) mass is 491 g/mol. The van der Waals surface area contributed by atoms with Crippen molar-refractivity contribution in [3.8, 4) is 11.5 Å². The van der Waals surface area contributed by atoms with Crippen molar-refractivity contribution < 1.29 is 14.3 Å². The number of anilines is 1. The number of ether oxygens (including phenoxy) is 2. The molecule has 4 rings (SSSR count). The van der Waals surface area contributed by atoms with Crippen molar-refractivity contribution in [2.75, 3.05) is 19.5 Å². The molecule has 2 aromatic carbocycles. The molecule has 190 valence electrons. The molecule has 1 saturated carbocycles. The van der Waals surface area contributed by atoms with Gasteiger partial charge in [-0.2, -0.15) is 0 Å². The quantitative estimate of drug-likeness (QED) is 0.277. The van der Waals surface area contributed by atoms with Crippen LogP contribution in [0.1, 0.15) is 47.4 Å².